The van der Waals surface area contributed by atoms with Gasteiger partial charge in [0.15, 0.2) is 0 Å². The van der Waals surface area contributed by atoms with Crippen LogP contribution in [0.5, 0.6) is 0 Å². The minimum atomic E-state index is -0.356. The second-order valence-corrected chi connectivity index (χ2v) is 5.13. The van der Waals surface area contributed by atoms with Crippen LogP contribution >= 0.6 is 0 Å². The summed E-state index contributed by atoms with van der Waals surface area (Å²) in [5, 5.41) is 3.25. The number of nitrogens with one attached hydrogen (secondary N) is 1. The van der Waals surface area contributed by atoms with E-state index in [4.69, 9.17) is 0 Å². The molecule has 0 aromatic heterocycles. The van der Waals surface area contributed by atoms with Crippen LogP contribution in [0.25, 0.3) is 0 Å². The van der Waals surface area contributed by atoms with Crippen LogP contribution in [0.1, 0.15) is 18.4 Å². The van der Waals surface area contributed by atoms with Crippen LogP contribution < -0.4 is 5.32 Å². The predicted molar refractivity (Wildman–Crippen MR) is 66.8 cm³/mol. The summed E-state index contributed by atoms with van der Waals surface area (Å²) in [6.45, 7) is 3.29. The maximum absolute atomic E-state index is 12.9. The fourth-order valence-corrected chi connectivity index (χ4v) is 2.69. The number of amides is 1. The van der Waals surface area contributed by atoms with Gasteiger partial charge in [-0.05, 0) is 30.5 Å². The summed E-state index contributed by atoms with van der Waals surface area (Å²) >= 11 is 0. The van der Waals surface area contributed by atoms with Crippen LogP contribution in [0.15, 0.2) is 24.3 Å². The van der Waals surface area contributed by atoms with E-state index >= 15 is 0 Å². The molecule has 1 N–H and O–H groups in total. The molecule has 18 heavy (non-hydrogen) atoms. The first-order valence-electron chi connectivity index (χ1n) is 6.48. The van der Waals surface area contributed by atoms with Crippen LogP contribution in [0, 0.1) is 5.82 Å². The normalized spacial score (nSPS) is 21.7. The van der Waals surface area contributed by atoms with E-state index in [2.05, 4.69) is 5.32 Å². The minimum absolute atomic E-state index is 0.218. The predicted octanol–water partition coefficient (Wildman–Crippen LogP) is 1.29. The topological polar surface area (TPSA) is 32.3 Å². The molecular weight excluding hydrogens is 231 g/mol. The standard InChI is InChI=1S/C14H17FN2O/c15-12-3-1-11(2-4-12)14(5-6-14)13(18)17-9-7-16-8-10-17/h1-4,16H,5-10H2. The Morgan fingerprint density at radius 1 is 1.17 bits per heavy atom. The molecule has 1 heterocycles. The summed E-state index contributed by atoms with van der Waals surface area (Å²) in [6, 6.07) is 6.39. The first-order valence-corrected chi connectivity index (χ1v) is 6.48. The van der Waals surface area contributed by atoms with Gasteiger partial charge in [0.1, 0.15) is 5.82 Å². The maximum Gasteiger partial charge on any atom is 0.233 e. The summed E-state index contributed by atoms with van der Waals surface area (Å²) in [6.07, 6.45) is 1.78. The zero-order chi connectivity index (χ0) is 12.6. The average Bonchev–Trinajstić information content (AvgIpc) is 3.21. The Labute approximate surface area is 106 Å². The number of carbonyl (C=O) groups is 1. The maximum atomic E-state index is 12.9. The van der Waals surface area contributed by atoms with E-state index in [1.807, 2.05) is 4.90 Å². The molecule has 0 bridgehead atoms. The van der Waals surface area contributed by atoms with Crippen molar-refractivity contribution >= 4 is 5.91 Å². The molecule has 1 amide bonds. The van der Waals surface area contributed by atoms with Crippen molar-refractivity contribution in [3.05, 3.63) is 35.6 Å². The van der Waals surface area contributed by atoms with Gasteiger partial charge in [0.2, 0.25) is 5.91 Å². The zero-order valence-corrected chi connectivity index (χ0v) is 10.3. The van der Waals surface area contributed by atoms with Gasteiger partial charge in [-0.25, -0.2) is 4.39 Å². The molecule has 1 saturated heterocycles. The number of hydrogen-bond acceptors (Lipinski definition) is 2. The van der Waals surface area contributed by atoms with Crippen molar-refractivity contribution in [2.45, 2.75) is 18.3 Å². The Balaban J connectivity index is 1.81. The zero-order valence-electron chi connectivity index (χ0n) is 10.3. The average molecular weight is 248 g/mol. The second-order valence-electron chi connectivity index (χ2n) is 5.13. The van der Waals surface area contributed by atoms with Crippen LogP contribution in [-0.2, 0) is 10.2 Å². The highest BCUT2D eigenvalue weighted by Crippen LogP contribution is 2.49. The van der Waals surface area contributed by atoms with Gasteiger partial charge in [0.05, 0.1) is 5.41 Å². The number of hydrogen-bond donors (Lipinski definition) is 1. The number of rotatable bonds is 2. The van der Waals surface area contributed by atoms with Gasteiger partial charge < -0.3 is 10.2 Å². The van der Waals surface area contributed by atoms with Crippen molar-refractivity contribution in [1.82, 2.24) is 10.2 Å². The lowest BCUT2D eigenvalue weighted by Crippen LogP contribution is -2.49. The molecule has 1 aliphatic heterocycles. The molecule has 0 atom stereocenters. The summed E-state index contributed by atoms with van der Waals surface area (Å²) in [5.74, 6) is -0.0280. The molecule has 3 nitrogen and oxygen atoms in total. The Kier molecular flexibility index (Phi) is 2.82. The van der Waals surface area contributed by atoms with Gasteiger partial charge in [0.25, 0.3) is 0 Å². The van der Waals surface area contributed by atoms with E-state index in [0.29, 0.717) is 0 Å². The molecule has 1 aromatic rings. The molecular formula is C14H17FN2O. The molecule has 96 valence electrons. The molecule has 4 heteroatoms. The largest absolute Gasteiger partial charge is 0.339 e. The van der Waals surface area contributed by atoms with E-state index in [0.717, 1.165) is 44.6 Å². The monoisotopic (exact) mass is 248 g/mol. The Hall–Kier alpha value is -1.42. The number of halogens is 1. The smallest absolute Gasteiger partial charge is 0.233 e. The Morgan fingerprint density at radius 3 is 2.33 bits per heavy atom. The molecule has 0 spiro atoms. The van der Waals surface area contributed by atoms with Crippen molar-refractivity contribution in [3.8, 4) is 0 Å². The molecule has 1 aliphatic carbocycles. The molecule has 1 aromatic carbocycles. The lowest BCUT2D eigenvalue weighted by atomic mass is 9.94. The van der Waals surface area contributed by atoms with Gasteiger partial charge >= 0.3 is 0 Å². The van der Waals surface area contributed by atoms with E-state index in [1.165, 1.54) is 12.1 Å². The molecule has 2 aliphatic rings. The SMILES string of the molecule is O=C(N1CCNCC1)C1(c2ccc(F)cc2)CC1. The van der Waals surface area contributed by atoms with Gasteiger partial charge in [-0.1, -0.05) is 12.1 Å². The van der Waals surface area contributed by atoms with E-state index in [1.54, 1.807) is 12.1 Å². The third-order valence-corrected chi connectivity index (χ3v) is 3.96. The first kappa shape index (κ1) is 11.7. The van der Waals surface area contributed by atoms with Gasteiger partial charge in [0, 0.05) is 26.2 Å². The fourth-order valence-electron chi connectivity index (χ4n) is 2.69. The number of piperazine rings is 1. The van der Waals surface area contributed by atoms with Crippen LogP contribution in [-0.4, -0.2) is 37.0 Å². The highest BCUT2D eigenvalue weighted by Gasteiger charge is 2.52. The summed E-state index contributed by atoms with van der Waals surface area (Å²) < 4.78 is 12.9. The summed E-state index contributed by atoms with van der Waals surface area (Å²) in [5.41, 5.74) is 0.609. The lowest BCUT2D eigenvalue weighted by Gasteiger charge is -2.31. The third-order valence-electron chi connectivity index (χ3n) is 3.96. The molecule has 0 radical (unpaired) electrons. The molecule has 1 saturated carbocycles. The number of benzene rings is 1. The van der Waals surface area contributed by atoms with Crippen molar-refractivity contribution in [1.29, 1.82) is 0 Å². The van der Waals surface area contributed by atoms with E-state index < -0.39 is 0 Å². The van der Waals surface area contributed by atoms with Crippen LogP contribution in [0.4, 0.5) is 4.39 Å². The second kappa shape index (κ2) is 4.35. The highest BCUT2D eigenvalue weighted by molar-refractivity contribution is 5.91. The first-order chi connectivity index (χ1) is 8.72. The van der Waals surface area contributed by atoms with E-state index in [9.17, 15) is 9.18 Å². The van der Waals surface area contributed by atoms with Gasteiger partial charge in [-0.15, -0.1) is 0 Å². The van der Waals surface area contributed by atoms with Crippen molar-refractivity contribution in [2.75, 3.05) is 26.2 Å². The van der Waals surface area contributed by atoms with Crippen LogP contribution in [0.2, 0.25) is 0 Å². The Bertz CT molecular complexity index is 447. The van der Waals surface area contributed by atoms with Crippen LogP contribution in [0.3, 0.4) is 0 Å². The summed E-state index contributed by atoms with van der Waals surface area (Å²) in [4.78, 5) is 14.5. The van der Waals surface area contributed by atoms with Crippen molar-refractivity contribution in [2.24, 2.45) is 0 Å². The molecule has 2 fully saturated rings. The number of carbonyl (C=O) groups excluding carboxylic acids is 1. The minimum Gasteiger partial charge on any atom is -0.339 e. The van der Waals surface area contributed by atoms with E-state index in [-0.39, 0.29) is 17.1 Å². The quantitative estimate of drug-likeness (QED) is 0.855. The van der Waals surface area contributed by atoms with Gasteiger partial charge in [-0.2, -0.15) is 0 Å². The Morgan fingerprint density at radius 2 is 1.78 bits per heavy atom. The lowest BCUT2D eigenvalue weighted by molar-refractivity contribution is -0.134. The fraction of sp³-hybridized carbons (Fsp3) is 0.500. The highest BCUT2D eigenvalue weighted by atomic mass is 19.1. The number of nitrogens with zero attached hydrogens (tertiary/aromatic N) is 1. The molecule has 0 unspecified atom stereocenters. The van der Waals surface area contributed by atoms with Crippen molar-refractivity contribution < 1.29 is 9.18 Å². The molecule has 3 rings (SSSR count). The third kappa shape index (κ3) is 1.90. The van der Waals surface area contributed by atoms with Crippen molar-refractivity contribution in [3.63, 3.8) is 0 Å². The van der Waals surface area contributed by atoms with Gasteiger partial charge in [-0.3, -0.25) is 4.79 Å². The summed E-state index contributed by atoms with van der Waals surface area (Å²) in [7, 11) is 0.